The second-order valence-electron chi connectivity index (χ2n) is 13.9. The van der Waals surface area contributed by atoms with Crippen LogP contribution < -0.4 is 4.74 Å². The topological polar surface area (TPSA) is 35.5 Å². The molecule has 0 N–H and O–H groups in total. The molecular formula is C44H52O3S3. The predicted octanol–water partition coefficient (Wildman–Crippen LogP) is 14.2. The van der Waals surface area contributed by atoms with Gasteiger partial charge >= 0.3 is 5.97 Å². The summed E-state index contributed by atoms with van der Waals surface area (Å²) < 4.78 is 17.0. The Hall–Kier alpha value is -3.19. The summed E-state index contributed by atoms with van der Waals surface area (Å²) in [5.41, 5.74) is 8.78. The van der Waals surface area contributed by atoms with Gasteiger partial charge in [-0.05, 0) is 84.7 Å². The monoisotopic (exact) mass is 724 g/mol. The summed E-state index contributed by atoms with van der Waals surface area (Å²) in [5.74, 6) is -0.164. The first-order valence-electron chi connectivity index (χ1n) is 18.7. The van der Waals surface area contributed by atoms with E-state index in [4.69, 9.17) is 9.47 Å². The number of rotatable bonds is 20. The molecule has 5 aromatic rings. The average molecular weight is 725 g/mol. The van der Waals surface area contributed by atoms with Crippen molar-refractivity contribution in [2.75, 3.05) is 6.61 Å². The summed E-state index contributed by atoms with van der Waals surface area (Å²) in [6.07, 6.45) is 17.1. The van der Waals surface area contributed by atoms with E-state index in [1.807, 2.05) is 34.0 Å². The lowest BCUT2D eigenvalue weighted by molar-refractivity contribution is -0.145. The summed E-state index contributed by atoms with van der Waals surface area (Å²) in [7, 11) is 0. The van der Waals surface area contributed by atoms with Crippen LogP contribution in [0.15, 0.2) is 73.8 Å². The highest BCUT2D eigenvalue weighted by Gasteiger charge is 2.42. The van der Waals surface area contributed by atoms with Crippen LogP contribution in [-0.2, 0) is 14.9 Å². The molecule has 3 heterocycles. The van der Waals surface area contributed by atoms with Gasteiger partial charge in [0.25, 0.3) is 0 Å². The van der Waals surface area contributed by atoms with Gasteiger partial charge in [-0.15, -0.1) is 22.7 Å². The van der Waals surface area contributed by atoms with E-state index in [0.29, 0.717) is 6.42 Å². The number of fused-ring (bicyclic) bond motifs is 6. The van der Waals surface area contributed by atoms with Crippen molar-refractivity contribution >= 4 is 58.8 Å². The first kappa shape index (κ1) is 36.6. The van der Waals surface area contributed by atoms with E-state index in [1.54, 1.807) is 17.7 Å². The molecular weight excluding hydrogens is 673 g/mol. The molecule has 0 saturated heterocycles. The van der Waals surface area contributed by atoms with Crippen LogP contribution in [-0.4, -0.2) is 18.7 Å². The lowest BCUT2D eigenvalue weighted by atomic mass is 9.71. The maximum Gasteiger partial charge on any atom is 0.306 e. The van der Waals surface area contributed by atoms with Crippen molar-refractivity contribution in [3.8, 4) is 26.6 Å². The molecule has 264 valence electrons. The number of benzene rings is 2. The SMILES string of the molecule is C=CC(C=C)OC(=O)CCCCCCCCCCOc1cc2sc3cc(-c4ccc5c(c4)C(CCC)(CCC)c4cc(C)ccc4-5)sc3c2s1. The first-order valence-corrected chi connectivity index (χ1v) is 21.1. The van der Waals surface area contributed by atoms with Gasteiger partial charge in [0.2, 0.25) is 0 Å². The van der Waals surface area contributed by atoms with E-state index in [-0.39, 0.29) is 17.5 Å². The Kier molecular flexibility index (Phi) is 12.4. The summed E-state index contributed by atoms with van der Waals surface area (Å²) in [4.78, 5) is 13.2. The Morgan fingerprint density at radius 2 is 1.38 bits per heavy atom. The quantitative estimate of drug-likeness (QED) is 0.0455. The van der Waals surface area contributed by atoms with Gasteiger partial charge in [-0.1, -0.05) is 126 Å². The van der Waals surface area contributed by atoms with Gasteiger partial charge in [-0.2, -0.15) is 0 Å². The second kappa shape index (κ2) is 16.9. The van der Waals surface area contributed by atoms with E-state index in [0.717, 1.165) is 30.9 Å². The van der Waals surface area contributed by atoms with E-state index in [1.165, 1.54) is 109 Å². The Bertz CT molecular complexity index is 1920. The molecule has 0 bridgehead atoms. The van der Waals surface area contributed by atoms with Crippen LogP contribution >= 0.6 is 34.0 Å². The Labute approximate surface area is 311 Å². The van der Waals surface area contributed by atoms with Crippen LogP contribution in [0.4, 0.5) is 0 Å². The van der Waals surface area contributed by atoms with Gasteiger partial charge < -0.3 is 9.47 Å². The molecule has 0 amide bonds. The van der Waals surface area contributed by atoms with Crippen molar-refractivity contribution in [3.63, 3.8) is 0 Å². The standard InChI is InChI=1S/C44H52O3S3/c1-6-23-44(24-7-2)35-26-30(5)19-21-33(35)34-22-20-31(27-36(34)44)37-28-38-42(49-37)43-39(48-38)29-41(50-43)46-25-17-15-13-11-10-12-14-16-18-40(45)47-32(8-3)9-4/h8-9,19-22,26-29,32H,3-4,6-7,10-18,23-25H2,1-2,5H3. The zero-order valence-corrected chi connectivity index (χ0v) is 32.6. The van der Waals surface area contributed by atoms with E-state index >= 15 is 0 Å². The fourth-order valence-corrected chi connectivity index (χ4v) is 11.7. The number of thiophene rings is 3. The number of hydrogen-bond donors (Lipinski definition) is 0. The van der Waals surface area contributed by atoms with E-state index in [9.17, 15) is 4.79 Å². The van der Waals surface area contributed by atoms with Crippen molar-refractivity contribution < 1.29 is 14.3 Å². The molecule has 0 spiro atoms. The van der Waals surface area contributed by atoms with Crippen LogP contribution in [0.25, 0.3) is 40.4 Å². The summed E-state index contributed by atoms with van der Waals surface area (Å²) in [5, 5.41) is 1.05. The molecule has 1 aliphatic rings. The van der Waals surface area contributed by atoms with Crippen LogP contribution in [0.3, 0.4) is 0 Å². The Morgan fingerprint density at radius 1 is 0.760 bits per heavy atom. The fourth-order valence-electron chi connectivity index (χ4n) is 7.81. The number of carbonyl (C=O) groups excluding carboxylic acids is 1. The molecule has 1 aliphatic carbocycles. The third kappa shape index (κ3) is 7.83. The van der Waals surface area contributed by atoms with Gasteiger partial charge in [0.15, 0.2) is 5.06 Å². The predicted molar refractivity (Wildman–Crippen MR) is 219 cm³/mol. The van der Waals surface area contributed by atoms with Crippen molar-refractivity contribution in [2.24, 2.45) is 0 Å². The van der Waals surface area contributed by atoms with Crippen molar-refractivity contribution in [2.45, 2.75) is 116 Å². The van der Waals surface area contributed by atoms with Crippen LogP contribution in [0.5, 0.6) is 5.06 Å². The van der Waals surface area contributed by atoms with Gasteiger partial charge in [0.05, 0.1) is 20.7 Å². The highest BCUT2D eigenvalue weighted by atomic mass is 32.1. The summed E-state index contributed by atoms with van der Waals surface area (Å²) in [6, 6.07) is 19.1. The zero-order chi connectivity index (χ0) is 35.1. The minimum absolute atomic E-state index is 0.110. The molecule has 0 fully saturated rings. The van der Waals surface area contributed by atoms with E-state index in [2.05, 4.69) is 82.5 Å². The molecule has 0 aliphatic heterocycles. The molecule has 0 unspecified atom stereocenters. The molecule has 50 heavy (non-hydrogen) atoms. The second-order valence-corrected chi connectivity index (χ2v) is 17.1. The molecule has 2 aromatic carbocycles. The number of ether oxygens (including phenoxy) is 2. The van der Waals surface area contributed by atoms with Crippen LogP contribution in [0.1, 0.15) is 114 Å². The van der Waals surface area contributed by atoms with Crippen molar-refractivity contribution in [1.29, 1.82) is 0 Å². The molecule has 0 atom stereocenters. The number of hydrogen-bond acceptors (Lipinski definition) is 6. The average Bonchev–Trinajstić information content (AvgIpc) is 3.85. The lowest BCUT2D eigenvalue weighted by Gasteiger charge is -2.32. The fraction of sp³-hybridized carbons (Fsp3) is 0.432. The molecule has 3 nitrogen and oxygen atoms in total. The minimum Gasteiger partial charge on any atom is -0.484 e. The lowest BCUT2D eigenvalue weighted by Crippen LogP contribution is -2.25. The largest absolute Gasteiger partial charge is 0.484 e. The molecule has 6 rings (SSSR count). The van der Waals surface area contributed by atoms with Gasteiger partial charge in [-0.25, -0.2) is 0 Å². The number of unbranched alkanes of at least 4 members (excludes halogenated alkanes) is 7. The molecule has 0 saturated carbocycles. The third-order valence-corrected chi connectivity index (χ3v) is 13.9. The first-order chi connectivity index (χ1) is 24.4. The van der Waals surface area contributed by atoms with Gasteiger partial charge in [-0.3, -0.25) is 4.79 Å². The normalized spacial score (nSPS) is 13.2. The number of aryl methyl sites for hydroxylation is 1. The maximum absolute atomic E-state index is 11.8. The summed E-state index contributed by atoms with van der Waals surface area (Å²) in [6.45, 7) is 15.0. The highest BCUT2D eigenvalue weighted by molar-refractivity contribution is 7.39. The molecule has 6 heteroatoms. The third-order valence-electron chi connectivity index (χ3n) is 10.2. The van der Waals surface area contributed by atoms with Gasteiger partial charge in [0, 0.05) is 27.5 Å². The smallest absolute Gasteiger partial charge is 0.306 e. The minimum atomic E-state index is -0.379. The highest BCUT2D eigenvalue weighted by Crippen LogP contribution is 2.55. The van der Waals surface area contributed by atoms with E-state index < -0.39 is 0 Å². The van der Waals surface area contributed by atoms with Crippen molar-refractivity contribution in [1.82, 2.24) is 0 Å². The molecule has 0 radical (unpaired) electrons. The summed E-state index contributed by atoms with van der Waals surface area (Å²) >= 11 is 5.66. The van der Waals surface area contributed by atoms with Crippen LogP contribution in [0.2, 0.25) is 0 Å². The Balaban J connectivity index is 1.01. The number of carbonyl (C=O) groups is 1. The van der Waals surface area contributed by atoms with Gasteiger partial charge in [0.1, 0.15) is 6.10 Å². The number of esters is 1. The van der Waals surface area contributed by atoms with Crippen molar-refractivity contribution in [3.05, 3.63) is 90.5 Å². The maximum atomic E-state index is 11.8. The molecule has 3 aromatic heterocycles. The Morgan fingerprint density at radius 3 is 2.08 bits per heavy atom. The zero-order valence-electron chi connectivity index (χ0n) is 30.1. The van der Waals surface area contributed by atoms with Crippen LogP contribution in [0, 0.1) is 6.92 Å².